The third-order valence-corrected chi connectivity index (χ3v) is 8.79. The van der Waals surface area contributed by atoms with E-state index in [0.717, 1.165) is 9.87 Å². The first kappa shape index (κ1) is 22.4. The smallest absolute Gasteiger partial charge is 0.243 e. The van der Waals surface area contributed by atoms with Gasteiger partial charge in [-0.05, 0) is 56.2 Å². The lowest BCUT2D eigenvalue weighted by Crippen LogP contribution is -2.43. The Morgan fingerprint density at radius 1 is 0.967 bits per heavy atom. The van der Waals surface area contributed by atoms with Crippen LogP contribution < -0.4 is 5.32 Å². The van der Waals surface area contributed by atoms with Gasteiger partial charge in [0, 0.05) is 26.3 Å². The minimum absolute atomic E-state index is 0.106. The van der Waals surface area contributed by atoms with Crippen LogP contribution in [0, 0.1) is 6.92 Å². The molecule has 0 unspecified atom stereocenters. The molecular weight excluding hydrogens is 426 g/mol. The van der Waals surface area contributed by atoms with Gasteiger partial charge in [0.25, 0.3) is 0 Å². The fraction of sp³-hybridized carbons (Fsp3) is 0.350. The van der Waals surface area contributed by atoms with E-state index in [0.29, 0.717) is 18.5 Å². The predicted octanol–water partition coefficient (Wildman–Crippen LogP) is 2.04. The van der Waals surface area contributed by atoms with Crippen LogP contribution in [0.15, 0.2) is 58.3 Å². The number of benzene rings is 2. The first-order chi connectivity index (χ1) is 14.0. The number of rotatable bonds is 6. The largest absolute Gasteiger partial charge is 0.325 e. The van der Waals surface area contributed by atoms with Crippen molar-refractivity contribution in [2.45, 2.75) is 35.6 Å². The zero-order valence-corrected chi connectivity index (χ0v) is 18.7. The number of sulfonamides is 2. The first-order valence-corrected chi connectivity index (χ1v) is 12.3. The van der Waals surface area contributed by atoms with Crippen molar-refractivity contribution in [3.8, 4) is 0 Å². The number of anilines is 1. The number of hydrogen-bond donors (Lipinski definition) is 1. The molecule has 0 radical (unpaired) electrons. The van der Waals surface area contributed by atoms with Gasteiger partial charge in [-0.25, -0.2) is 21.1 Å². The van der Waals surface area contributed by atoms with Crippen molar-refractivity contribution in [2.75, 3.05) is 26.0 Å². The summed E-state index contributed by atoms with van der Waals surface area (Å²) in [6.07, 6.45) is 1.01. The van der Waals surface area contributed by atoms with E-state index >= 15 is 0 Å². The zero-order chi connectivity index (χ0) is 22.1. The lowest BCUT2D eigenvalue weighted by atomic mass is 10.2. The Kier molecular flexibility index (Phi) is 6.32. The normalized spacial score (nSPS) is 17.9. The van der Waals surface area contributed by atoms with Crippen molar-refractivity contribution in [1.82, 2.24) is 8.61 Å². The average molecular weight is 452 g/mol. The van der Waals surface area contributed by atoms with Crippen molar-refractivity contribution >= 4 is 31.6 Å². The fourth-order valence-corrected chi connectivity index (χ4v) is 5.84. The number of carbonyl (C=O) groups excluding carboxylic acids is 1. The highest BCUT2D eigenvalue weighted by molar-refractivity contribution is 7.89. The molecule has 0 aliphatic carbocycles. The molecule has 1 saturated heterocycles. The first-order valence-electron chi connectivity index (χ1n) is 9.45. The number of amides is 1. The summed E-state index contributed by atoms with van der Waals surface area (Å²) in [7, 11) is -4.48. The van der Waals surface area contributed by atoms with Gasteiger partial charge in [0.15, 0.2) is 0 Å². The van der Waals surface area contributed by atoms with Crippen LogP contribution >= 0.6 is 0 Å². The molecule has 1 atom stereocenters. The molecule has 1 N–H and O–H groups in total. The Balaban J connectivity index is 1.77. The molecule has 10 heteroatoms. The quantitative estimate of drug-likeness (QED) is 0.724. The fourth-order valence-electron chi connectivity index (χ4n) is 3.28. The van der Waals surface area contributed by atoms with E-state index < -0.39 is 32.0 Å². The summed E-state index contributed by atoms with van der Waals surface area (Å²) in [5, 5.41) is 2.70. The lowest BCUT2D eigenvalue weighted by molar-refractivity contribution is -0.119. The molecule has 0 bridgehead atoms. The molecule has 1 amide bonds. The molecule has 1 aliphatic rings. The topological polar surface area (TPSA) is 104 Å². The Hall–Kier alpha value is -2.27. The van der Waals surface area contributed by atoms with Gasteiger partial charge in [-0.2, -0.15) is 4.31 Å². The summed E-state index contributed by atoms with van der Waals surface area (Å²) in [6.45, 7) is 2.14. The van der Waals surface area contributed by atoms with Gasteiger partial charge in [-0.15, -0.1) is 0 Å². The van der Waals surface area contributed by atoms with Crippen LogP contribution in [-0.4, -0.2) is 58.0 Å². The second-order valence-electron chi connectivity index (χ2n) is 7.39. The number of hydrogen-bond acceptors (Lipinski definition) is 5. The molecule has 3 rings (SSSR count). The second-order valence-corrected chi connectivity index (χ2v) is 11.4. The van der Waals surface area contributed by atoms with Crippen molar-refractivity contribution in [3.63, 3.8) is 0 Å². The van der Waals surface area contributed by atoms with Crippen LogP contribution in [0.2, 0.25) is 0 Å². The minimum atomic E-state index is -3.79. The molecule has 0 aromatic heterocycles. The van der Waals surface area contributed by atoms with Crippen LogP contribution in [0.4, 0.5) is 5.69 Å². The standard InChI is InChI=1S/C20H25N3O5S2/c1-15-6-10-18(11-7-15)30(27,28)23-14-4-5-19(23)20(24)21-16-8-12-17(13-9-16)29(25,26)22(2)3/h6-13,19H,4-5,14H2,1-3H3,(H,21,24)/t19-/m0/s1. The number of aryl methyl sites for hydroxylation is 1. The Bertz CT molecular complexity index is 1130. The summed E-state index contributed by atoms with van der Waals surface area (Å²) in [5.41, 5.74) is 1.35. The molecular formula is C20H25N3O5S2. The van der Waals surface area contributed by atoms with Gasteiger partial charge in [-0.1, -0.05) is 17.7 Å². The molecule has 2 aromatic rings. The molecule has 30 heavy (non-hydrogen) atoms. The van der Waals surface area contributed by atoms with E-state index in [9.17, 15) is 21.6 Å². The molecule has 8 nitrogen and oxygen atoms in total. The van der Waals surface area contributed by atoms with Crippen molar-refractivity contribution in [3.05, 3.63) is 54.1 Å². The zero-order valence-electron chi connectivity index (χ0n) is 17.1. The van der Waals surface area contributed by atoms with E-state index in [1.165, 1.54) is 42.7 Å². The van der Waals surface area contributed by atoms with E-state index in [1.807, 2.05) is 6.92 Å². The predicted molar refractivity (Wildman–Crippen MR) is 114 cm³/mol. The Labute approximate surface area is 177 Å². The number of carbonyl (C=O) groups is 1. The van der Waals surface area contributed by atoms with Crippen molar-refractivity contribution in [2.24, 2.45) is 0 Å². The van der Waals surface area contributed by atoms with Crippen LogP contribution in [0.3, 0.4) is 0 Å². The Morgan fingerprint density at radius 3 is 2.10 bits per heavy atom. The SMILES string of the molecule is Cc1ccc(S(=O)(=O)N2CCC[C@H]2C(=O)Nc2ccc(S(=O)(=O)N(C)C)cc2)cc1. The third-order valence-electron chi connectivity index (χ3n) is 5.03. The third kappa shape index (κ3) is 4.41. The van der Waals surface area contributed by atoms with Crippen LogP contribution in [0.1, 0.15) is 18.4 Å². The Morgan fingerprint density at radius 2 is 1.53 bits per heavy atom. The maximum atomic E-state index is 13.0. The minimum Gasteiger partial charge on any atom is -0.325 e. The summed E-state index contributed by atoms with van der Waals surface area (Å²) >= 11 is 0. The average Bonchev–Trinajstić information content (AvgIpc) is 3.19. The molecule has 1 heterocycles. The highest BCUT2D eigenvalue weighted by atomic mass is 32.2. The van der Waals surface area contributed by atoms with E-state index in [4.69, 9.17) is 0 Å². The molecule has 0 spiro atoms. The van der Waals surface area contributed by atoms with Gasteiger partial charge in [-0.3, -0.25) is 4.79 Å². The van der Waals surface area contributed by atoms with Gasteiger partial charge < -0.3 is 5.32 Å². The van der Waals surface area contributed by atoms with Gasteiger partial charge >= 0.3 is 0 Å². The molecule has 0 saturated carbocycles. The summed E-state index contributed by atoms with van der Waals surface area (Å²) < 4.78 is 52.6. The van der Waals surface area contributed by atoms with Crippen LogP contribution in [0.5, 0.6) is 0 Å². The summed E-state index contributed by atoms with van der Waals surface area (Å²) in [6, 6.07) is 11.5. The van der Waals surface area contributed by atoms with Gasteiger partial charge in [0.1, 0.15) is 6.04 Å². The molecule has 1 aliphatic heterocycles. The number of nitrogens with zero attached hydrogens (tertiary/aromatic N) is 2. The van der Waals surface area contributed by atoms with Crippen LogP contribution in [0.25, 0.3) is 0 Å². The van der Waals surface area contributed by atoms with Crippen molar-refractivity contribution < 1.29 is 21.6 Å². The van der Waals surface area contributed by atoms with Crippen LogP contribution in [-0.2, 0) is 24.8 Å². The van der Waals surface area contributed by atoms with Gasteiger partial charge in [0.05, 0.1) is 9.79 Å². The summed E-state index contributed by atoms with van der Waals surface area (Å²) in [4.78, 5) is 13.1. The van der Waals surface area contributed by atoms with E-state index in [2.05, 4.69) is 5.32 Å². The van der Waals surface area contributed by atoms with Gasteiger partial charge in [0.2, 0.25) is 26.0 Å². The van der Waals surface area contributed by atoms with Crippen molar-refractivity contribution in [1.29, 1.82) is 0 Å². The monoisotopic (exact) mass is 451 g/mol. The molecule has 1 fully saturated rings. The summed E-state index contributed by atoms with van der Waals surface area (Å²) in [5.74, 6) is -0.439. The number of nitrogens with one attached hydrogen (secondary N) is 1. The highest BCUT2D eigenvalue weighted by Crippen LogP contribution is 2.27. The maximum absolute atomic E-state index is 13.0. The molecule has 162 valence electrons. The highest BCUT2D eigenvalue weighted by Gasteiger charge is 2.39. The molecule has 2 aromatic carbocycles. The maximum Gasteiger partial charge on any atom is 0.243 e. The van der Waals surface area contributed by atoms with E-state index in [1.54, 1.807) is 24.3 Å². The van der Waals surface area contributed by atoms with E-state index in [-0.39, 0.29) is 16.3 Å². The second kappa shape index (κ2) is 8.46. The lowest BCUT2D eigenvalue weighted by Gasteiger charge is -2.23.